The maximum atomic E-state index is 5.64. The Morgan fingerprint density at radius 1 is 1.14 bits per heavy atom. The first kappa shape index (κ1) is 13.8. The van der Waals surface area contributed by atoms with Crippen LogP contribution in [-0.2, 0) is 0 Å². The third-order valence-electron chi connectivity index (χ3n) is 3.68. The number of furan rings is 1. The van der Waals surface area contributed by atoms with Crippen molar-refractivity contribution < 1.29 is 4.42 Å². The van der Waals surface area contributed by atoms with E-state index in [1.807, 2.05) is 24.3 Å². The Balaban J connectivity index is 1.74. The molecule has 0 bridgehead atoms. The number of hydrazone groups is 1. The van der Waals surface area contributed by atoms with E-state index in [-0.39, 0.29) is 6.04 Å². The Labute approximate surface area is 141 Å². The van der Waals surface area contributed by atoms with Crippen LogP contribution in [0.15, 0.2) is 74.2 Å². The van der Waals surface area contributed by atoms with Crippen LogP contribution in [0.4, 0.5) is 5.69 Å². The summed E-state index contributed by atoms with van der Waals surface area (Å²) in [6.07, 6.45) is 2.57. The summed E-state index contributed by atoms with van der Waals surface area (Å²) in [6, 6.07) is 16.4. The quantitative estimate of drug-likeness (QED) is 0.610. The highest BCUT2D eigenvalue weighted by Crippen LogP contribution is 2.37. The fraction of sp³-hybridized carbons (Fsp3) is 0.118. The summed E-state index contributed by atoms with van der Waals surface area (Å²) < 4.78 is 6.70. The number of rotatable bonds is 3. The minimum absolute atomic E-state index is 0.105. The molecule has 2 aromatic heterocycles. The van der Waals surface area contributed by atoms with Gasteiger partial charge in [0, 0.05) is 10.9 Å². The number of hydrogen-bond acceptors (Lipinski definition) is 4. The smallest absolute Gasteiger partial charge is 0.128 e. The molecule has 3 nitrogen and oxygen atoms in total. The summed E-state index contributed by atoms with van der Waals surface area (Å²) in [7, 11) is 0. The normalized spacial score (nSPS) is 17.8. The molecule has 3 heterocycles. The SMILES string of the molecule is Brc1ccc(N2N=C(c3cccs3)CC2c2ccco2)cc1. The Morgan fingerprint density at radius 3 is 2.68 bits per heavy atom. The molecule has 0 fully saturated rings. The second-order valence-corrected chi connectivity index (χ2v) is 6.94. The molecule has 1 unspecified atom stereocenters. The molecule has 3 aromatic rings. The van der Waals surface area contributed by atoms with Crippen molar-refractivity contribution in [1.29, 1.82) is 0 Å². The van der Waals surface area contributed by atoms with Gasteiger partial charge < -0.3 is 4.42 Å². The van der Waals surface area contributed by atoms with Gasteiger partial charge in [0.15, 0.2) is 0 Å². The zero-order valence-corrected chi connectivity index (χ0v) is 14.0. The van der Waals surface area contributed by atoms with E-state index in [1.54, 1.807) is 17.6 Å². The Bertz CT molecular complexity index is 779. The molecule has 5 heteroatoms. The number of halogens is 1. The van der Waals surface area contributed by atoms with E-state index in [1.165, 1.54) is 4.88 Å². The Hall–Kier alpha value is -1.85. The van der Waals surface area contributed by atoms with Gasteiger partial charge in [0.1, 0.15) is 11.8 Å². The second kappa shape index (κ2) is 5.74. The number of anilines is 1. The lowest BCUT2D eigenvalue weighted by Gasteiger charge is -2.21. The number of thiophene rings is 1. The summed E-state index contributed by atoms with van der Waals surface area (Å²) in [6.45, 7) is 0. The highest BCUT2D eigenvalue weighted by atomic mass is 79.9. The highest BCUT2D eigenvalue weighted by molar-refractivity contribution is 9.10. The van der Waals surface area contributed by atoms with Crippen molar-refractivity contribution in [1.82, 2.24) is 0 Å². The minimum Gasteiger partial charge on any atom is -0.467 e. The van der Waals surface area contributed by atoms with Gasteiger partial charge in [-0.05, 0) is 47.8 Å². The molecule has 22 heavy (non-hydrogen) atoms. The molecule has 0 amide bonds. The Kier molecular flexibility index (Phi) is 3.60. The predicted octanol–water partition coefficient (Wildman–Crippen LogP) is 5.46. The van der Waals surface area contributed by atoms with Crippen molar-refractivity contribution in [2.45, 2.75) is 12.5 Å². The molecular formula is C17H13BrN2OS. The summed E-state index contributed by atoms with van der Waals surface area (Å²) >= 11 is 5.20. The van der Waals surface area contributed by atoms with Crippen LogP contribution in [0.25, 0.3) is 0 Å². The van der Waals surface area contributed by atoms with Crippen LogP contribution in [-0.4, -0.2) is 5.71 Å². The molecular weight excluding hydrogens is 360 g/mol. The molecule has 0 radical (unpaired) electrons. The van der Waals surface area contributed by atoms with Gasteiger partial charge in [0.05, 0.1) is 22.5 Å². The number of benzene rings is 1. The van der Waals surface area contributed by atoms with Crippen molar-refractivity contribution in [2.75, 3.05) is 5.01 Å². The van der Waals surface area contributed by atoms with Crippen molar-refractivity contribution in [3.8, 4) is 0 Å². The van der Waals surface area contributed by atoms with Gasteiger partial charge >= 0.3 is 0 Å². The largest absolute Gasteiger partial charge is 0.467 e. The first-order valence-corrected chi connectivity index (χ1v) is 8.68. The molecule has 1 aliphatic heterocycles. The van der Waals surface area contributed by atoms with Crippen LogP contribution < -0.4 is 5.01 Å². The van der Waals surface area contributed by atoms with Crippen LogP contribution >= 0.6 is 27.3 Å². The topological polar surface area (TPSA) is 28.7 Å². The van der Waals surface area contributed by atoms with Gasteiger partial charge in [0.25, 0.3) is 0 Å². The van der Waals surface area contributed by atoms with Gasteiger partial charge in [-0.15, -0.1) is 11.3 Å². The van der Waals surface area contributed by atoms with Gasteiger partial charge in [-0.3, -0.25) is 5.01 Å². The lowest BCUT2D eigenvalue weighted by molar-refractivity contribution is 0.465. The first-order chi connectivity index (χ1) is 10.8. The van der Waals surface area contributed by atoms with Crippen molar-refractivity contribution >= 4 is 38.7 Å². The van der Waals surface area contributed by atoms with Gasteiger partial charge in [0.2, 0.25) is 0 Å². The fourth-order valence-corrected chi connectivity index (χ4v) is 3.62. The monoisotopic (exact) mass is 372 g/mol. The molecule has 110 valence electrons. The Morgan fingerprint density at radius 2 is 2.00 bits per heavy atom. The molecule has 0 aliphatic carbocycles. The fourth-order valence-electron chi connectivity index (χ4n) is 2.64. The van der Waals surface area contributed by atoms with Crippen LogP contribution in [0, 0.1) is 0 Å². The zero-order chi connectivity index (χ0) is 14.9. The molecule has 0 N–H and O–H groups in total. The average molecular weight is 373 g/mol. The van der Waals surface area contributed by atoms with E-state index in [9.17, 15) is 0 Å². The summed E-state index contributed by atoms with van der Waals surface area (Å²) in [4.78, 5) is 1.22. The van der Waals surface area contributed by atoms with Gasteiger partial charge in [-0.25, -0.2) is 0 Å². The lowest BCUT2D eigenvalue weighted by Crippen LogP contribution is -2.17. The van der Waals surface area contributed by atoms with E-state index in [4.69, 9.17) is 9.52 Å². The molecule has 4 rings (SSSR count). The minimum atomic E-state index is 0.105. The maximum absolute atomic E-state index is 5.64. The van der Waals surface area contributed by atoms with Crippen molar-refractivity contribution in [3.05, 3.63) is 75.3 Å². The summed E-state index contributed by atoms with van der Waals surface area (Å²) in [5.74, 6) is 0.943. The number of nitrogens with zero attached hydrogens (tertiary/aromatic N) is 2. The predicted molar refractivity (Wildman–Crippen MR) is 93.5 cm³/mol. The molecule has 0 saturated heterocycles. The lowest BCUT2D eigenvalue weighted by atomic mass is 10.1. The van der Waals surface area contributed by atoms with E-state index in [0.717, 1.165) is 28.1 Å². The van der Waals surface area contributed by atoms with Crippen molar-refractivity contribution in [2.24, 2.45) is 5.10 Å². The first-order valence-electron chi connectivity index (χ1n) is 7.01. The van der Waals surface area contributed by atoms with E-state index in [2.05, 4.69) is 50.6 Å². The summed E-state index contributed by atoms with van der Waals surface area (Å²) in [5.41, 5.74) is 2.18. The average Bonchev–Trinajstić information content (AvgIpc) is 3.27. The van der Waals surface area contributed by atoms with Crippen LogP contribution in [0.2, 0.25) is 0 Å². The third kappa shape index (κ3) is 2.51. The zero-order valence-electron chi connectivity index (χ0n) is 11.6. The van der Waals surface area contributed by atoms with E-state index >= 15 is 0 Å². The van der Waals surface area contributed by atoms with Gasteiger partial charge in [-0.1, -0.05) is 22.0 Å². The number of hydrogen-bond donors (Lipinski definition) is 0. The molecule has 0 saturated carbocycles. The molecule has 1 atom stereocenters. The molecule has 0 spiro atoms. The van der Waals surface area contributed by atoms with Crippen molar-refractivity contribution in [3.63, 3.8) is 0 Å². The molecule has 1 aromatic carbocycles. The second-order valence-electron chi connectivity index (χ2n) is 5.08. The standard InChI is InChI=1S/C17H13BrN2OS/c18-12-5-7-13(8-6-12)20-15(16-3-1-9-21-16)11-14(19-20)17-4-2-10-22-17/h1-10,15H,11H2. The van der Waals surface area contributed by atoms with Crippen LogP contribution in [0.5, 0.6) is 0 Å². The van der Waals surface area contributed by atoms with E-state index < -0.39 is 0 Å². The van der Waals surface area contributed by atoms with Crippen LogP contribution in [0.3, 0.4) is 0 Å². The molecule has 1 aliphatic rings. The summed E-state index contributed by atoms with van der Waals surface area (Å²) in [5, 5.41) is 8.99. The van der Waals surface area contributed by atoms with Crippen LogP contribution in [0.1, 0.15) is 23.1 Å². The van der Waals surface area contributed by atoms with Gasteiger partial charge in [-0.2, -0.15) is 5.10 Å². The van der Waals surface area contributed by atoms with E-state index in [0.29, 0.717) is 0 Å². The maximum Gasteiger partial charge on any atom is 0.128 e. The third-order valence-corrected chi connectivity index (χ3v) is 5.13. The highest BCUT2D eigenvalue weighted by Gasteiger charge is 2.32.